The number of ether oxygens (including phenoxy) is 1. The van der Waals surface area contributed by atoms with Gasteiger partial charge in [-0.1, -0.05) is 0 Å². The van der Waals surface area contributed by atoms with Crippen molar-refractivity contribution in [3.8, 4) is 0 Å². The van der Waals surface area contributed by atoms with Gasteiger partial charge in [-0.3, -0.25) is 4.79 Å². The maximum absolute atomic E-state index is 13.5. The van der Waals surface area contributed by atoms with E-state index in [1.54, 1.807) is 0 Å². The van der Waals surface area contributed by atoms with Crippen molar-refractivity contribution < 1.29 is 19.0 Å². The molecule has 6 heteroatoms. The first-order valence-electron chi connectivity index (χ1n) is 5.53. The third-order valence-corrected chi connectivity index (χ3v) is 4.02. The molecule has 1 aliphatic rings. The number of anilines is 1. The summed E-state index contributed by atoms with van der Waals surface area (Å²) in [6, 6.07) is 2.44. The highest BCUT2D eigenvalue weighted by atomic mass is 79.9. The molecule has 2 rings (SSSR count). The van der Waals surface area contributed by atoms with Gasteiger partial charge < -0.3 is 15.6 Å². The highest BCUT2D eigenvalue weighted by molar-refractivity contribution is 9.10. The second kappa shape index (κ2) is 4.85. The van der Waals surface area contributed by atoms with E-state index in [2.05, 4.69) is 15.9 Å². The molecule has 1 heterocycles. The lowest BCUT2D eigenvalue weighted by Gasteiger charge is -2.34. The van der Waals surface area contributed by atoms with Crippen LogP contribution in [0.3, 0.4) is 0 Å². The Hall–Kier alpha value is -1.14. The summed E-state index contributed by atoms with van der Waals surface area (Å²) in [4.78, 5) is 11.6. The minimum atomic E-state index is -1.16. The van der Waals surface area contributed by atoms with Gasteiger partial charge in [-0.2, -0.15) is 0 Å². The Morgan fingerprint density at radius 3 is 2.61 bits per heavy atom. The topological polar surface area (TPSA) is 72.6 Å². The smallest absolute Gasteiger partial charge is 0.314 e. The molecule has 0 bridgehead atoms. The van der Waals surface area contributed by atoms with Gasteiger partial charge in [-0.15, -0.1) is 0 Å². The fourth-order valence-corrected chi connectivity index (χ4v) is 2.73. The molecule has 0 unspecified atom stereocenters. The zero-order chi connectivity index (χ0) is 13.3. The lowest BCUT2D eigenvalue weighted by atomic mass is 9.73. The number of halogens is 2. The van der Waals surface area contributed by atoms with Gasteiger partial charge in [-0.25, -0.2) is 4.39 Å². The Kier molecular flexibility index (Phi) is 3.59. The predicted octanol–water partition coefficient (Wildman–Crippen LogP) is 2.30. The number of benzene rings is 1. The molecule has 18 heavy (non-hydrogen) atoms. The normalized spacial score (nSPS) is 18.6. The van der Waals surface area contributed by atoms with Gasteiger partial charge in [0.15, 0.2) is 0 Å². The number of carboxylic acid groups (broad SMARTS) is 1. The molecular weight excluding hydrogens is 305 g/mol. The number of carbonyl (C=O) groups is 1. The van der Waals surface area contributed by atoms with Gasteiger partial charge in [-0.05, 0) is 46.5 Å². The van der Waals surface area contributed by atoms with Crippen LogP contribution in [0.5, 0.6) is 0 Å². The first kappa shape index (κ1) is 13.3. The van der Waals surface area contributed by atoms with Crippen LogP contribution in [-0.4, -0.2) is 24.3 Å². The average molecular weight is 318 g/mol. The summed E-state index contributed by atoms with van der Waals surface area (Å²) in [5.74, 6) is -1.49. The van der Waals surface area contributed by atoms with Crippen LogP contribution < -0.4 is 5.73 Å². The summed E-state index contributed by atoms with van der Waals surface area (Å²) in [5.41, 5.74) is 5.33. The van der Waals surface area contributed by atoms with E-state index >= 15 is 0 Å². The van der Waals surface area contributed by atoms with Crippen molar-refractivity contribution in [1.82, 2.24) is 0 Å². The minimum Gasteiger partial charge on any atom is -0.481 e. The van der Waals surface area contributed by atoms with E-state index in [1.807, 2.05) is 0 Å². The van der Waals surface area contributed by atoms with Crippen molar-refractivity contribution in [1.29, 1.82) is 0 Å². The lowest BCUT2D eigenvalue weighted by Crippen LogP contribution is -2.42. The van der Waals surface area contributed by atoms with Crippen molar-refractivity contribution in [3.63, 3.8) is 0 Å². The van der Waals surface area contributed by atoms with Crippen molar-refractivity contribution in [2.45, 2.75) is 18.3 Å². The quantitative estimate of drug-likeness (QED) is 0.821. The fraction of sp³-hybridized carbons (Fsp3) is 0.417. The SMILES string of the molecule is Nc1c(Br)cc(F)cc1C1(C(=O)O)CCOCC1. The zero-order valence-corrected chi connectivity index (χ0v) is 11.2. The maximum Gasteiger partial charge on any atom is 0.314 e. The van der Waals surface area contributed by atoms with E-state index < -0.39 is 17.2 Å². The number of hydrogen-bond donors (Lipinski definition) is 2. The molecule has 0 aromatic heterocycles. The highest BCUT2D eigenvalue weighted by Crippen LogP contribution is 2.41. The summed E-state index contributed by atoms with van der Waals surface area (Å²) in [5, 5.41) is 9.50. The predicted molar refractivity (Wildman–Crippen MR) is 67.9 cm³/mol. The molecule has 4 nitrogen and oxygen atoms in total. The van der Waals surface area contributed by atoms with Crippen LogP contribution in [0.25, 0.3) is 0 Å². The standard InChI is InChI=1S/C12H13BrFNO3/c13-9-6-7(14)5-8(10(9)15)12(11(16)17)1-3-18-4-2-12/h5-6H,1-4,15H2,(H,16,17). The lowest BCUT2D eigenvalue weighted by molar-refractivity contribution is -0.147. The van der Waals surface area contributed by atoms with E-state index in [0.29, 0.717) is 36.1 Å². The van der Waals surface area contributed by atoms with Crippen molar-refractivity contribution in [2.75, 3.05) is 18.9 Å². The average Bonchev–Trinajstić information content (AvgIpc) is 2.34. The number of hydrogen-bond acceptors (Lipinski definition) is 3. The van der Waals surface area contributed by atoms with E-state index in [-0.39, 0.29) is 5.69 Å². The number of nitrogens with two attached hydrogens (primary N) is 1. The molecule has 1 fully saturated rings. The molecular formula is C12H13BrFNO3. The first-order valence-corrected chi connectivity index (χ1v) is 6.33. The van der Waals surface area contributed by atoms with Crippen molar-refractivity contribution in [3.05, 3.63) is 28.0 Å². The minimum absolute atomic E-state index is 0.278. The summed E-state index contributed by atoms with van der Waals surface area (Å²) in [7, 11) is 0. The van der Waals surface area contributed by atoms with Crippen LogP contribution in [0, 0.1) is 5.82 Å². The molecule has 0 amide bonds. The van der Waals surface area contributed by atoms with E-state index in [9.17, 15) is 14.3 Å². The van der Waals surface area contributed by atoms with Crippen LogP contribution in [-0.2, 0) is 14.9 Å². The zero-order valence-electron chi connectivity index (χ0n) is 9.58. The first-order chi connectivity index (χ1) is 8.47. The van der Waals surface area contributed by atoms with Crippen molar-refractivity contribution in [2.24, 2.45) is 0 Å². The summed E-state index contributed by atoms with van der Waals surface area (Å²) < 4.78 is 19.1. The Morgan fingerprint density at radius 1 is 1.44 bits per heavy atom. The number of carboxylic acids is 1. The Labute approximate surface area is 112 Å². The molecule has 0 saturated carbocycles. The molecule has 1 aromatic rings. The molecule has 0 atom stereocenters. The number of nitrogen functional groups attached to an aromatic ring is 1. The van der Waals surface area contributed by atoms with Gasteiger partial charge >= 0.3 is 5.97 Å². The van der Waals surface area contributed by atoms with Gasteiger partial charge in [0.25, 0.3) is 0 Å². The van der Waals surface area contributed by atoms with Gasteiger partial charge in [0.1, 0.15) is 5.82 Å². The fourth-order valence-electron chi connectivity index (χ4n) is 2.30. The van der Waals surface area contributed by atoms with Crippen LogP contribution in [0.15, 0.2) is 16.6 Å². The molecule has 98 valence electrons. The summed E-state index contributed by atoms with van der Waals surface area (Å²) in [6.45, 7) is 0.666. The van der Waals surface area contributed by atoms with Gasteiger partial charge in [0, 0.05) is 17.7 Å². The summed E-state index contributed by atoms with van der Waals surface area (Å²) in [6.07, 6.45) is 0.588. The van der Waals surface area contributed by atoms with Crippen LogP contribution >= 0.6 is 15.9 Å². The van der Waals surface area contributed by atoms with Crippen molar-refractivity contribution >= 4 is 27.6 Å². The largest absolute Gasteiger partial charge is 0.481 e. The third kappa shape index (κ3) is 2.10. The van der Waals surface area contributed by atoms with E-state index in [4.69, 9.17) is 10.5 Å². The second-order valence-electron chi connectivity index (χ2n) is 4.35. The van der Waals surface area contributed by atoms with E-state index in [0.717, 1.165) is 0 Å². The van der Waals surface area contributed by atoms with Crippen LogP contribution in [0.2, 0.25) is 0 Å². The number of aliphatic carboxylic acids is 1. The monoisotopic (exact) mass is 317 g/mol. The molecule has 1 aliphatic heterocycles. The molecule has 0 aliphatic carbocycles. The molecule has 0 spiro atoms. The summed E-state index contributed by atoms with van der Waals surface area (Å²) >= 11 is 3.15. The van der Waals surface area contributed by atoms with Crippen LogP contribution in [0.4, 0.5) is 10.1 Å². The second-order valence-corrected chi connectivity index (χ2v) is 5.20. The third-order valence-electron chi connectivity index (χ3n) is 3.37. The highest BCUT2D eigenvalue weighted by Gasteiger charge is 2.43. The molecule has 3 N–H and O–H groups in total. The van der Waals surface area contributed by atoms with Gasteiger partial charge in [0.2, 0.25) is 0 Å². The Balaban J connectivity index is 2.59. The Morgan fingerprint density at radius 2 is 2.06 bits per heavy atom. The molecule has 1 aromatic carbocycles. The van der Waals surface area contributed by atoms with Crippen LogP contribution in [0.1, 0.15) is 18.4 Å². The molecule has 1 saturated heterocycles. The van der Waals surface area contributed by atoms with E-state index in [1.165, 1.54) is 12.1 Å². The maximum atomic E-state index is 13.5. The van der Waals surface area contributed by atoms with Gasteiger partial charge in [0.05, 0.1) is 11.1 Å². The Bertz CT molecular complexity index is 486. The number of rotatable bonds is 2. The molecule has 0 radical (unpaired) electrons.